The number of carbonyl (C=O) groups is 2. The summed E-state index contributed by atoms with van der Waals surface area (Å²) in [6, 6.07) is -1.91. The van der Waals surface area contributed by atoms with Crippen molar-refractivity contribution in [2.24, 2.45) is 24.8 Å². The van der Waals surface area contributed by atoms with E-state index in [-0.39, 0.29) is 38.1 Å². The van der Waals surface area contributed by atoms with E-state index in [1.54, 1.807) is 80.4 Å². The Morgan fingerprint density at radius 1 is 1.05 bits per heavy atom. The van der Waals surface area contributed by atoms with Gasteiger partial charge in [0.2, 0.25) is 0 Å². The third kappa shape index (κ3) is 12.1. The number of esters is 1. The van der Waals surface area contributed by atoms with Crippen molar-refractivity contribution >= 4 is 17.7 Å². The number of aliphatic hydroxyl groups is 5. The first-order chi connectivity index (χ1) is 29.8. The van der Waals surface area contributed by atoms with Gasteiger partial charge in [0.25, 0.3) is 0 Å². The van der Waals surface area contributed by atoms with Crippen LogP contribution in [0.3, 0.4) is 0 Å². The fourth-order valence-electron chi connectivity index (χ4n) is 9.93. The minimum Gasteiger partial charge on any atom is -0.459 e. The summed E-state index contributed by atoms with van der Waals surface area (Å²) in [5.41, 5.74) is -5.74. The third-order valence-corrected chi connectivity index (χ3v) is 14.1. The van der Waals surface area contributed by atoms with Crippen molar-refractivity contribution < 1.29 is 63.5 Å². The van der Waals surface area contributed by atoms with Crippen molar-refractivity contribution in [3.05, 3.63) is 12.4 Å². The van der Waals surface area contributed by atoms with Gasteiger partial charge in [0.15, 0.2) is 12.6 Å². The van der Waals surface area contributed by atoms with Crippen molar-refractivity contribution in [1.82, 2.24) is 25.3 Å². The van der Waals surface area contributed by atoms with Crippen LogP contribution < -0.4 is 16.0 Å². The Morgan fingerprint density at radius 3 is 2.31 bits per heavy atom. The molecule has 0 unspecified atom stereocenters. The maximum absolute atomic E-state index is 14.5. The molecule has 3 fully saturated rings. The Labute approximate surface area is 380 Å². The highest BCUT2D eigenvalue weighted by Gasteiger charge is 2.58. The number of anilines is 1. The van der Waals surface area contributed by atoms with Crippen LogP contribution in [0.15, 0.2) is 12.4 Å². The SMILES string of the molecule is CCCNC[C@]1(O)[C@H](C)O[C@@H](O[C@H]2[C@H](C)[C@@H](O[C@@H]3O[C@H](C)C[C@H](N(C)C(=O)Nc4cnn(C)c4)[C@H]3O)[C@](C)(O)C[C@@H](C)CN[C@H](C)[C@@H](O)[C@](C)(O)[C@@H](CC)OC(=O)[C@@H]2C)C[C@@]1(C)OC. The smallest absolute Gasteiger partial charge is 0.322 e. The highest BCUT2D eigenvalue weighted by atomic mass is 16.7. The molecule has 4 heterocycles. The Hall–Kier alpha value is -2.53. The van der Waals surface area contributed by atoms with Crippen molar-refractivity contribution in [2.75, 3.05) is 39.1 Å². The largest absolute Gasteiger partial charge is 0.459 e. The number of ether oxygens (including phenoxy) is 6. The molecule has 370 valence electrons. The summed E-state index contributed by atoms with van der Waals surface area (Å²) in [6.45, 7) is 20.4. The van der Waals surface area contributed by atoms with Crippen LogP contribution in [0, 0.1) is 17.8 Å². The topological polar surface area (TPSA) is 248 Å². The van der Waals surface area contributed by atoms with Gasteiger partial charge in [-0.2, -0.15) is 5.10 Å². The zero-order valence-electron chi connectivity index (χ0n) is 40.7. The van der Waals surface area contributed by atoms with E-state index in [0.717, 1.165) is 6.42 Å². The first-order valence-corrected chi connectivity index (χ1v) is 23.1. The molecule has 0 aliphatic carbocycles. The maximum atomic E-state index is 14.5. The lowest BCUT2D eigenvalue weighted by Crippen LogP contribution is -2.70. The summed E-state index contributed by atoms with van der Waals surface area (Å²) in [6.07, 6.45) is -5.30. The molecule has 4 rings (SSSR count). The number of rotatable bonds is 12. The molecule has 64 heavy (non-hydrogen) atoms. The molecule has 3 saturated heterocycles. The molecule has 0 aromatic carbocycles. The van der Waals surface area contributed by atoms with E-state index in [1.807, 2.05) is 13.8 Å². The predicted molar refractivity (Wildman–Crippen MR) is 238 cm³/mol. The molecule has 19 heteroatoms. The Bertz CT molecular complexity index is 1650. The number of nitrogens with zero attached hydrogens (tertiary/aromatic N) is 3. The molecule has 18 atom stereocenters. The van der Waals surface area contributed by atoms with Crippen molar-refractivity contribution in [2.45, 2.75) is 198 Å². The van der Waals surface area contributed by atoms with E-state index >= 15 is 0 Å². The minimum absolute atomic E-state index is 0.0429. The van der Waals surface area contributed by atoms with Crippen LogP contribution >= 0.6 is 0 Å². The summed E-state index contributed by atoms with van der Waals surface area (Å²) >= 11 is 0. The zero-order valence-corrected chi connectivity index (χ0v) is 40.7. The standard InChI is InChI=1S/C45H82N6O13/c1-15-17-46-24-45(58)30(8)61-34(20-43(45,10)59-14)63-36-27(5)38(64-40-35(52)32(18-26(4)60-40)51(13)41(55)49-31-22-48-50(12)23-31)42(9,56)19-25(3)21-47-29(7)37(53)44(11,57)33(16-2)62-39(54)28(36)6/h22-23,25-30,32-38,40,46-47,52-53,56-58H,15-21,24H2,1-14H3,(H,49,55)/t25-,26-,27+,28-,29-,30+,32+,33-,34+,35-,36+,37-,38-,40+,42-,43-,44-,45+/m1/s1. The second-order valence-electron chi connectivity index (χ2n) is 19.7. The van der Waals surface area contributed by atoms with Gasteiger partial charge in [-0.3, -0.25) is 9.48 Å². The number of methoxy groups -OCH3 is 1. The van der Waals surface area contributed by atoms with Crippen LogP contribution in [-0.4, -0.2) is 176 Å². The number of aromatic nitrogens is 2. The lowest BCUT2D eigenvalue weighted by molar-refractivity contribution is -0.336. The Balaban J connectivity index is 1.79. The number of aliphatic hydroxyl groups excluding tert-OH is 2. The van der Waals surface area contributed by atoms with Gasteiger partial charge < -0.3 is 74.8 Å². The third-order valence-electron chi connectivity index (χ3n) is 14.1. The summed E-state index contributed by atoms with van der Waals surface area (Å²) < 4.78 is 40.1. The van der Waals surface area contributed by atoms with Crippen molar-refractivity contribution in [3.63, 3.8) is 0 Å². The van der Waals surface area contributed by atoms with Gasteiger partial charge in [-0.1, -0.05) is 27.7 Å². The van der Waals surface area contributed by atoms with Gasteiger partial charge in [-0.05, 0) is 93.2 Å². The van der Waals surface area contributed by atoms with Crippen LogP contribution in [0.25, 0.3) is 0 Å². The molecular formula is C45H82N6O13. The van der Waals surface area contributed by atoms with Crippen LogP contribution in [0.1, 0.15) is 108 Å². The Kier molecular flexibility index (Phi) is 18.6. The molecule has 0 saturated carbocycles. The molecule has 8 N–H and O–H groups in total. The van der Waals surface area contributed by atoms with Gasteiger partial charge in [0.05, 0.1) is 53.9 Å². The molecule has 1 aromatic heterocycles. The maximum Gasteiger partial charge on any atom is 0.322 e. The molecule has 0 spiro atoms. The second-order valence-corrected chi connectivity index (χ2v) is 19.7. The Morgan fingerprint density at radius 2 is 1.72 bits per heavy atom. The van der Waals surface area contributed by atoms with Crippen molar-refractivity contribution in [1.29, 1.82) is 0 Å². The van der Waals surface area contributed by atoms with Crippen LogP contribution in [0.5, 0.6) is 0 Å². The van der Waals surface area contributed by atoms with E-state index < -0.39 is 114 Å². The summed E-state index contributed by atoms with van der Waals surface area (Å²) in [7, 11) is 4.81. The van der Waals surface area contributed by atoms with Crippen LogP contribution in [0.2, 0.25) is 0 Å². The molecule has 1 aromatic rings. The fourth-order valence-corrected chi connectivity index (χ4v) is 9.93. The van der Waals surface area contributed by atoms with E-state index in [2.05, 4.69) is 21.0 Å². The zero-order chi connectivity index (χ0) is 48.1. The monoisotopic (exact) mass is 915 g/mol. The highest BCUT2D eigenvalue weighted by Crippen LogP contribution is 2.43. The highest BCUT2D eigenvalue weighted by molar-refractivity contribution is 5.89. The van der Waals surface area contributed by atoms with Crippen LogP contribution in [-0.2, 0) is 40.3 Å². The molecule has 0 bridgehead atoms. The molecular weight excluding hydrogens is 833 g/mol. The average molecular weight is 915 g/mol. The van der Waals surface area contributed by atoms with Crippen molar-refractivity contribution in [3.8, 4) is 0 Å². The number of urea groups is 1. The van der Waals surface area contributed by atoms with Gasteiger partial charge in [0.1, 0.15) is 35.1 Å². The average Bonchev–Trinajstić information content (AvgIpc) is 3.64. The molecule has 3 aliphatic heterocycles. The summed E-state index contributed by atoms with van der Waals surface area (Å²) in [5, 5.41) is 73.5. The first kappa shape index (κ1) is 54.1. The minimum atomic E-state index is -1.86. The predicted octanol–water partition coefficient (Wildman–Crippen LogP) is 2.26. The number of hydrogen-bond acceptors (Lipinski definition) is 16. The number of nitrogens with one attached hydrogen (secondary N) is 3. The second kappa shape index (κ2) is 22.1. The number of likely N-dealkylation sites (N-methyl/N-ethyl adjacent to an activating group) is 1. The number of carbonyl (C=O) groups excluding carboxylic acids is 2. The molecule has 19 nitrogen and oxygen atoms in total. The van der Waals surface area contributed by atoms with Gasteiger partial charge in [-0.15, -0.1) is 0 Å². The van der Waals surface area contributed by atoms with Gasteiger partial charge >= 0.3 is 12.0 Å². The van der Waals surface area contributed by atoms with E-state index in [0.29, 0.717) is 18.8 Å². The lowest BCUT2D eigenvalue weighted by atomic mass is 9.75. The number of aryl methyl sites for hydroxylation is 1. The summed E-state index contributed by atoms with van der Waals surface area (Å²) in [5.74, 6) is -2.99. The normalized spacial score (nSPS) is 43.1. The first-order valence-electron chi connectivity index (χ1n) is 23.1. The molecule has 3 aliphatic rings. The molecule has 0 radical (unpaired) electrons. The quantitative estimate of drug-likeness (QED) is 0.111. The molecule has 2 amide bonds. The van der Waals surface area contributed by atoms with Crippen LogP contribution in [0.4, 0.5) is 10.5 Å². The van der Waals surface area contributed by atoms with E-state index in [4.69, 9.17) is 28.4 Å². The van der Waals surface area contributed by atoms with Gasteiger partial charge in [-0.25, -0.2) is 4.79 Å². The lowest BCUT2D eigenvalue weighted by Gasteiger charge is -2.53. The number of cyclic esters (lactones) is 1. The fraction of sp³-hybridized carbons (Fsp3) is 0.889. The van der Waals surface area contributed by atoms with E-state index in [1.165, 1.54) is 25.1 Å². The summed E-state index contributed by atoms with van der Waals surface area (Å²) in [4.78, 5) is 29.3. The van der Waals surface area contributed by atoms with Gasteiger partial charge in [0, 0.05) is 52.3 Å². The number of hydrogen-bond donors (Lipinski definition) is 8. The number of amides is 2. The van der Waals surface area contributed by atoms with E-state index in [9.17, 15) is 35.1 Å².